The minimum absolute atomic E-state index is 0.105. The van der Waals surface area contributed by atoms with Gasteiger partial charge in [0.25, 0.3) is 0 Å². The van der Waals surface area contributed by atoms with Gasteiger partial charge in [0.15, 0.2) is 11.6 Å². The molecule has 0 aliphatic carbocycles. The topological polar surface area (TPSA) is 58.8 Å². The maximum atomic E-state index is 14.2. The fourth-order valence-corrected chi connectivity index (χ4v) is 3.45. The number of rotatable bonds is 4. The van der Waals surface area contributed by atoms with E-state index in [1.165, 1.54) is 19.2 Å². The number of methoxy groups -OCH3 is 1. The monoisotopic (exact) mass is 395 g/mol. The van der Waals surface area contributed by atoms with Crippen molar-refractivity contribution in [3.05, 3.63) is 58.6 Å². The summed E-state index contributed by atoms with van der Waals surface area (Å²) in [5.74, 6) is -1.78. The Morgan fingerprint density at radius 3 is 2.85 bits per heavy atom. The molecule has 2 aromatic rings. The number of anilines is 2. The van der Waals surface area contributed by atoms with Crippen molar-refractivity contribution in [3.63, 3.8) is 0 Å². The second-order valence-electron chi connectivity index (χ2n) is 6.41. The number of carbonyl (C=O) groups is 1. The molecule has 5 nitrogen and oxygen atoms in total. The van der Waals surface area contributed by atoms with Gasteiger partial charge in [0.05, 0.1) is 17.8 Å². The fourth-order valence-electron chi connectivity index (χ4n) is 3.27. The maximum Gasteiger partial charge on any atom is 0.409 e. The average Bonchev–Trinajstić information content (AvgIpc) is 3.14. The van der Waals surface area contributed by atoms with E-state index in [2.05, 4.69) is 0 Å². The molecule has 2 aromatic carbocycles. The highest BCUT2D eigenvalue weighted by atomic mass is 35.5. The van der Waals surface area contributed by atoms with Gasteiger partial charge >= 0.3 is 6.09 Å². The van der Waals surface area contributed by atoms with Gasteiger partial charge in [0.1, 0.15) is 0 Å². The van der Waals surface area contributed by atoms with E-state index in [0.717, 1.165) is 11.8 Å². The number of nitrogens with two attached hydrogens (primary N) is 1. The first kappa shape index (κ1) is 19.2. The predicted octanol–water partition coefficient (Wildman–Crippen LogP) is 4.05. The molecule has 0 unspecified atom stereocenters. The first-order valence-electron chi connectivity index (χ1n) is 8.48. The van der Waals surface area contributed by atoms with Gasteiger partial charge in [-0.05, 0) is 30.7 Å². The molecule has 144 valence electrons. The van der Waals surface area contributed by atoms with Crippen LogP contribution in [0.25, 0.3) is 0 Å². The van der Waals surface area contributed by atoms with E-state index in [-0.39, 0.29) is 18.2 Å². The molecule has 0 radical (unpaired) electrons. The number of hydrogen-bond donors (Lipinski definition) is 1. The first-order chi connectivity index (χ1) is 12.9. The molecule has 0 saturated carbocycles. The first-order valence-corrected chi connectivity index (χ1v) is 8.86. The largest absolute Gasteiger partial charge is 0.453 e. The van der Waals surface area contributed by atoms with Crippen LogP contribution in [-0.4, -0.2) is 37.2 Å². The van der Waals surface area contributed by atoms with Crippen molar-refractivity contribution in [3.8, 4) is 0 Å². The summed E-state index contributed by atoms with van der Waals surface area (Å²) in [5.41, 5.74) is 7.16. The molecule has 1 heterocycles. The molecule has 0 aromatic heterocycles. The number of ether oxygens (including phenoxy) is 1. The molecule has 1 atom stereocenters. The van der Waals surface area contributed by atoms with E-state index in [4.69, 9.17) is 22.1 Å². The summed E-state index contributed by atoms with van der Waals surface area (Å²) in [5, 5.41) is 0.375. The van der Waals surface area contributed by atoms with Crippen molar-refractivity contribution in [2.24, 2.45) is 0 Å². The number of nitrogen functional groups attached to an aromatic ring is 1. The SMILES string of the molecule is COC(=O)N1CC[C@H](N(Cc2cccc(F)c2F)c2ccc(N)c(Cl)c2)C1. The molecule has 0 bridgehead atoms. The highest BCUT2D eigenvalue weighted by molar-refractivity contribution is 6.33. The minimum atomic E-state index is -0.898. The van der Waals surface area contributed by atoms with Crippen molar-refractivity contribution in [2.45, 2.75) is 19.0 Å². The molecule has 27 heavy (non-hydrogen) atoms. The second kappa shape index (κ2) is 8.00. The van der Waals surface area contributed by atoms with Crippen LogP contribution in [0.4, 0.5) is 25.0 Å². The van der Waals surface area contributed by atoms with Gasteiger partial charge in [-0.15, -0.1) is 0 Å². The number of amides is 1. The quantitative estimate of drug-likeness (QED) is 0.793. The van der Waals surface area contributed by atoms with E-state index >= 15 is 0 Å². The number of likely N-dealkylation sites (tertiary alicyclic amines) is 1. The number of hydrogen-bond acceptors (Lipinski definition) is 4. The molecular weight excluding hydrogens is 376 g/mol. The zero-order chi connectivity index (χ0) is 19.6. The maximum absolute atomic E-state index is 14.2. The Bertz CT molecular complexity index is 850. The lowest BCUT2D eigenvalue weighted by Gasteiger charge is -2.31. The van der Waals surface area contributed by atoms with E-state index < -0.39 is 17.7 Å². The zero-order valence-corrected chi connectivity index (χ0v) is 15.5. The lowest BCUT2D eigenvalue weighted by Crippen LogP contribution is -2.39. The standard InChI is InChI=1S/C19H20ClF2N3O2/c1-27-19(26)24-8-7-14(11-24)25(13-5-6-17(23)15(20)9-13)10-12-3-2-4-16(21)18(12)22/h2-6,9,14H,7-8,10-11,23H2,1H3/t14-/m0/s1. The van der Waals surface area contributed by atoms with Crippen LogP contribution in [-0.2, 0) is 11.3 Å². The van der Waals surface area contributed by atoms with Crippen LogP contribution in [0.5, 0.6) is 0 Å². The van der Waals surface area contributed by atoms with Gasteiger partial charge in [-0.3, -0.25) is 0 Å². The lowest BCUT2D eigenvalue weighted by atomic mass is 10.1. The van der Waals surface area contributed by atoms with Crippen LogP contribution in [0.3, 0.4) is 0 Å². The molecule has 1 amide bonds. The van der Waals surface area contributed by atoms with Gasteiger partial charge in [0, 0.05) is 36.9 Å². The Hall–Kier alpha value is -2.54. The lowest BCUT2D eigenvalue weighted by molar-refractivity contribution is 0.132. The normalized spacial score (nSPS) is 16.4. The Balaban J connectivity index is 1.93. The number of halogens is 3. The highest BCUT2D eigenvalue weighted by Crippen LogP contribution is 2.31. The smallest absolute Gasteiger partial charge is 0.409 e. The van der Waals surface area contributed by atoms with E-state index in [9.17, 15) is 13.6 Å². The third kappa shape index (κ3) is 4.08. The summed E-state index contributed by atoms with van der Waals surface area (Å²) < 4.78 is 32.7. The number of benzene rings is 2. The van der Waals surface area contributed by atoms with Crippen LogP contribution >= 0.6 is 11.6 Å². The number of carbonyl (C=O) groups excluding carboxylic acids is 1. The van der Waals surface area contributed by atoms with Crippen molar-refractivity contribution in [1.82, 2.24) is 4.90 Å². The van der Waals surface area contributed by atoms with E-state index in [1.807, 2.05) is 4.90 Å². The summed E-state index contributed by atoms with van der Waals surface area (Å²) in [7, 11) is 1.33. The summed E-state index contributed by atoms with van der Waals surface area (Å²) in [6, 6.07) is 9.12. The Morgan fingerprint density at radius 1 is 1.37 bits per heavy atom. The van der Waals surface area contributed by atoms with Crippen molar-refractivity contribution >= 4 is 29.1 Å². The third-order valence-corrected chi connectivity index (χ3v) is 5.05. The molecule has 1 fully saturated rings. The van der Waals surface area contributed by atoms with Crippen LogP contribution in [0.15, 0.2) is 36.4 Å². The van der Waals surface area contributed by atoms with Crippen molar-refractivity contribution in [2.75, 3.05) is 30.8 Å². The van der Waals surface area contributed by atoms with Gasteiger partial charge in [-0.2, -0.15) is 0 Å². The van der Waals surface area contributed by atoms with E-state index in [1.54, 1.807) is 23.1 Å². The molecule has 8 heteroatoms. The molecule has 1 aliphatic heterocycles. The average molecular weight is 396 g/mol. The van der Waals surface area contributed by atoms with Crippen molar-refractivity contribution < 1.29 is 18.3 Å². The third-order valence-electron chi connectivity index (χ3n) is 4.72. The zero-order valence-electron chi connectivity index (χ0n) is 14.8. The second-order valence-corrected chi connectivity index (χ2v) is 6.81. The Kier molecular flexibility index (Phi) is 5.70. The van der Waals surface area contributed by atoms with Crippen LogP contribution in [0.1, 0.15) is 12.0 Å². The van der Waals surface area contributed by atoms with Gasteiger partial charge in [-0.25, -0.2) is 13.6 Å². The molecular formula is C19H20ClF2N3O2. The molecule has 2 N–H and O–H groups in total. The highest BCUT2D eigenvalue weighted by Gasteiger charge is 2.32. The molecule has 0 spiro atoms. The Morgan fingerprint density at radius 2 is 2.15 bits per heavy atom. The van der Waals surface area contributed by atoms with Crippen molar-refractivity contribution in [1.29, 1.82) is 0 Å². The Labute approximate surface area is 161 Å². The van der Waals surface area contributed by atoms with Gasteiger partial charge in [-0.1, -0.05) is 23.7 Å². The summed E-state index contributed by atoms with van der Waals surface area (Å²) in [6.45, 7) is 1.05. The summed E-state index contributed by atoms with van der Waals surface area (Å²) >= 11 is 6.16. The number of nitrogens with zero attached hydrogens (tertiary/aromatic N) is 2. The van der Waals surface area contributed by atoms with Crippen LogP contribution in [0, 0.1) is 11.6 Å². The predicted molar refractivity (Wildman–Crippen MR) is 101 cm³/mol. The van der Waals surface area contributed by atoms with Gasteiger partial charge in [0.2, 0.25) is 0 Å². The van der Waals surface area contributed by atoms with Crippen LogP contribution < -0.4 is 10.6 Å². The summed E-state index contributed by atoms with van der Waals surface area (Å²) in [6.07, 6.45) is 0.248. The molecule has 3 rings (SSSR count). The summed E-state index contributed by atoms with van der Waals surface area (Å²) in [4.78, 5) is 15.3. The van der Waals surface area contributed by atoms with E-state index in [0.29, 0.717) is 30.2 Å². The van der Waals surface area contributed by atoms with Crippen LogP contribution in [0.2, 0.25) is 5.02 Å². The van der Waals surface area contributed by atoms with Gasteiger partial charge < -0.3 is 20.3 Å². The minimum Gasteiger partial charge on any atom is -0.453 e. The fraction of sp³-hybridized carbons (Fsp3) is 0.316. The molecule has 1 aliphatic rings. The molecule has 1 saturated heterocycles.